The van der Waals surface area contributed by atoms with E-state index in [9.17, 15) is 9.59 Å². The van der Waals surface area contributed by atoms with Crippen molar-refractivity contribution in [3.63, 3.8) is 0 Å². The van der Waals surface area contributed by atoms with Crippen molar-refractivity contribution in [2.24, 2.45) is 0 Å². The van der Waals surface area contributed by atoms with E-state index in [1.165, 1.54) is 6.92 Å². The Kier molecular flexibility index (Phi) is 4.31. The molecule has 0 aliphatic heterocycles. The van der Waals surface area contributed by atoms with E-state index >= 15 is 0 Å². The number of nitrogens with one attached hydrogen (secondary N) is 1. The summed E-state index contributed by atoms with van der Waals surface area (Å²) < 4.78 is 0. The lowest BCUT2D eigenvalue weighted by Crippen LogP contribution is -2.09. The molecule has 1 aromatic carbocycles. The third-order valence-electron chi connectivity index (χ3n) is 2.01. The maximum atomic E-state index is 11.0. The second-order valence-electron chi connectivity index (χ2n) is 3.35. The van der Waals surface area contributed by atoms with Crippen molar-refractivity contribution in [3.05, 3.63) is 28.8 Å². The first-order chi connectivity index (χ1) is 7.50. The van der Waals surface area contributed by atoms with Crippen LogP contribution in [0.2, 0.25) is 5.02 Å². The average Bonchev–Trinajstić information content (AvgIpc) is 2.18. The molecule has 0 aliphatic carbocycles. The molecule has 0 unspecified atom stereocenters. The summed E-state index contributed by atoms with van der Waals surface area (Å²) in [6.07, 6.45) is 0.346. The van der Waals surface area contributed by atoms with Crippen LogP contribution in [0.15, 0.2) is 18.2 Å². The number of hydrogen-bond donors (Lipinski definition) is 2. The Morgan fingerprint density at radius 2 is 2.12 bits per heavy atom. The molecule has 4 nitrogen and oxygen atoms in total. The molecule has 0 heterocycles. The van der Waals surface area contributed by atoms with Gasteiger partial charge >= 0.3 is 5.97 Å². The molecule has 1 rings (SSSR count). The van der Waals surface area contributed by atoms with E-state index < -0.39 is 5.97 Å². The van der Waals surface area contributed by atoms with E-state index in [4.69, 9.17) is 16.7 Å². The summed E-state index contributed by atoms with van der Waals surface area (Å²) in [7, 11) is 0. The molecular weight excluding hydrogens is 230 g/mol. The molecule has 16 heavy (non-hydrogen) atoms. The minimum atomic E-state index is -0.881. The number of anilines is 1. The molecule has 5 heteroatoms. The Hall–Kier alpha value is -1.55. The van der Waals surface area contributed by atoms with Crippen molar-refractivity contribution in [1.82, 2.24) is 0 Å². The lowest BCUT2D eigenvalue weighted by Gasteiger charge is -2.10. The molecule has 0 saturated carbocycles. The van der Waals surface area contributed by atoms with Gasteiger partial charge in [-0.15, -0.1) is 0 Å². The molecule has 1 aromatic rings. The third kappa shape index (κ3) is 3.55. The van der Waals surface area contributed by atoms with Crippen LogP contribution < -0.4 is 5.32 Å². The Morgan fingerprint density at radius 3 is 2.69 bits per heavy atom. The summed E-state index contributed by atoms with van der Waals surface area (Å²) in [4.78, 5) is 21.4. The highest BCUT2D eigenvalue weighted by molar-refractivity contribution is 6.33. The largest absolute Gasteiger partial charge is 0.481 e. The fraction of sp³-hybridized carbons (Fsp3) is 0.273. The van der Waals surface area contributed by atoms with Gasteiger partial charge in [0.05, 0.1) is 10.7 Å². The van der Waals surface area contributed by atoms with Crippen LogP contribution in [-0.2, 0) is 16.0 Å². The number of para-hydroxylation sites is 1. The van der Waals surface area contributed by atoms with E-state index in [1.54, 1.807) is 18.2 Å². The minimum Gasteiger partial charge on any atom is -0.481 e. The highest BCUT2D eigenvalue weighted by Crippen LogP contribution is 2.26. The SMILES string of the molecule is CC(=O)Nc1c(Cl)cccc1CCC(=O)O. The van der Waals surface area contributed by atoms with Gasteiger partial charge in [-0.1, -0.05) is 23.7 Å². The number of benzene rings is 1. The van der Waals surface area contributed by atoms with Crippen molar-refractivity contribution in [3.8, 4) is 0 Å². The zero-order chi connectivity index (χ0) is 12.1. The molecular formula is C11H12ClNO3. The molecule has 0 fully saturated rings. The number of amides is 1. The molecule has 1 amide bonds. The first-order valence-corrected chi connectivity index (χ1v) is 5.15. The van der Waals surface area contributed by atoms with Gasteiger partial charge in [0.15, 0.2) is 0 Å². The molecule has 0 aromatic heterocycles. The van der Waals surface area contributed by atoms with Gasteiger partial charge < -0.3 is 10.4 Å². The van der Waals surface area contributed by atoms with Crippen LogP contribution in [0.3, 0.4) is 0 Å². The molecule has 2 N–H and O–H groups in total. The highest BCUT2D eigenvalue weighted by atomic mass is 35.5. The fourth-order valence-electron chi connectivity index (χ4n) is 1.33. The number of hydrogen-bond acceptors (Lipinski definition) is 2. The predicted molar refractivity (Wildman–Crippen MR) is 61.7 cm³/mol. The second kappa shape index (κ2) is 5.51. The van der Waals surface area contributed by atoms with Crippen molar-refractivity contribution < 1.29 is 14.7 Å². The van der Waals surface area contributed by atoms with E-state index in [1.807, 2.05) is 0 Å². The van der Waals surface area contributed by atoms with Crippen molar-refractivity contribution in [2.45, 2.75) is 19.8 Å². The third-order valence-corrected chi connectivity index (χ3v) is 2.32. The molecule has 0 spiro atoms. The summed E-state index contributed by atoms with van der Waals surface area (Å²) in [5, 5.41) is 11.6. The minimum absolute atomic E-state index is 0.00687. The van der Waals surface area contributed by atoms with Crippen LogP contribution in [-0.4, -0.2) is 17.0 Å². The Bertz CT molecular complexity index is 418. The molecule has 0 atom stereocenters. The fourth-order valence-corrected chi connectivity index (χ4v) is 1.58. The van der Waals surface area contributed by atoms with Gasteiger partial charge in [-0.2, -0.15) is 0 Å². The van der Waals surface area contributed by atoms with Gasteiger partial charge in [-0.3, -0.25) is 9.59 Å². The van der Waals surface area contributed by atoms with E-state index in [0.717, 1.165) is 5.56 Å². The second-order valence-corrected chi connectivity index (χ2v) is 3.76. The van der Waals surface area contributed by atoms with Gasteiger partial charge in [0.25, 0.3) is 0 Å². The Balaban J connectivity index is 2.93. The van der Waals surface area contributed by atoms with Gasteiger partial charge in [0.1, 0.15) is 0 Å². The van der Waals surface area contributed by atoms with E-state index in [-0.39, 0.29) is 12.3 Å². The maximum Gasteiger partial charge on any atom is 0.303 e. The first kappa shape index (κ1) is 12.5. The number of aliphatic carboxylic acids is 1. The Morgan fingerprint density at radius 1 is 1.44 bits per heavy atom. The number of rotatable bonds is 4. The van der Waals surface area contributed by atoms with Crippen molar-refractivity contribution in [1.29, 1.82) is 0 Å². The smallest absolute Gasteiger partial charge is 0.303 e. The lowest BCUT2D eigenvalue weighted by molar-refractivity contribution is -0.136. The highest BCUT2D eigenvalue weighted by Gasteiger charge is 2.09. The molecule has 86 valence electrons. The number of carbonyl (C=O) groups is 2. The lowest BCUT2D eigenvalue weighted by atomic mass is 10.1. The summed E-state index contributed by atoms with van der Waals surface area (Å²) >= 11 is 5.93. The van der Waals surface area contributed by atoms with Crippen LogP contribution >= 0.6 is 11.6 Å². The molecule has 0 radical (unpaired) electrons. The number of halogens is 1. The predicted octanol–water partition coefficient (Wildman–Crippen LogP) is 2.32. The zero-order valence-electron chi connectivity index (χ0n) is 8.79. The topological polar surface area (TPSA) is 66.4 Å². The normalized spacial score (nSPS) is 9.88. The summed E-state index contributed by atoms with van der Waals surface area (Å²) in [6.45, 7) is 1.38. The molecule has 0 saturated heterocycles. The van der Waals surface area contributed by atoms with Gasteiger partial charge in [0.2, 0.25) is 5.91 Å². The maximum absolute atomic E-state index is 11.0. The number of carbonyl (C=O) groups excluding carboxylic acids is 1. The van der Waals surface area contributed by atoms with Gasteiger partial charge in [0, 0.05) is 13.3 Å². The van der Waals surface area contributed by atoms with Crippen LogP contribution in [0.25, 0.3) is 0 Å². The first-order valence-electron chi connectivity index (χ1n) is 4.77. The van der Waals surface area contributed by atoms with Crippen molar-refractivity contribution >= 4 is 29.2 Å². The number of aryl methyl sites for hydroxylation is 1. The average molecular weight is 242 g/mol. The standard InChI is InChI=1S/C11H12ClNO3/c1-7(14)13-11-8(5-6-10(15)16)3-2-4-9(11)12/h2-4H,5-6H2,1H3,(H,13,14)(H,15,16). The summed E-state index contributed by atoms with van der Waals surface area (Å²) in [6, 6.07) is 5.13. The van der Waals surface area contributed by atoms with Crippen LogP contribution in [0.5, 0.6) is 0 Å². The van der Waals surface area contributed by atoms with Crippen LogP contribution in [0.1, 0.15) is 18.9 Å². The van der Waals surface area contributed by atoms with Gasteiger partial charge in [-0.05, 0) is 18.1 Å². The van der Waals surface area contributed by atoms with Crippen LogP contribution in [0.4, 0.5) is 5.69 Å². The molecule has 0 bridgehead atoms. The summed E-state index contributed by atoms with van der Waals surface area (Å²) in [5.74, 6) is -1.11. The van der Waals surface area contributed by atoms with E-state index in [0.29, 0.717) is 17.1 Å². The zero-order valence-corrected chi connectivity index (χ0v) is 9.54. The number of carboxylic acids is 1. The molecule has 0 aliphatic rings. The van der Waals surface area contributed by atoms with Gasteiger partial charge in [-0.25, -0.2) is 0 Å². The Labute approximate surface area is 98.2 Å². The quantitative estimate of drug-likeness (QED) is 0.850. The number of carboxylic acid groups (broad SMARTS) is 1. The monoisotopic (exact) mass is 241 g/mol. The van der Waals surface area contributed by atoms with Crippen molar-refractivity contribution in [2.75, 3.05) is 5.32 Å². The van der Waals surface area contributed by atoms with Crippen LogP contribution in [0, 0.1) is 0 Å². The summed E-state index contributed by atoms with van der Waals surface area (Å²) in [5.41, 5.74) is 1.23. The van der Waals surface area contributed by atoms with E-state index in [2.05, 4.69) is 5.32 Å².